The van der Waals surface area contributed by atoms with Gasteiger partial charge in [-0.05, 0) is 18.4 Å². The Kier molecular flexibility index (Phi) is 3.31. The minimum absolute atomic E-state index is 0.0551. The molecular formula is C15H17N3O. The summed E-state index contributed by atoms with van der Waals surface area (Å²) in [4.78, 5) is 19.6. The molecule has 1 aliphatic rings. The summed E-state index contributed by atoms with van der Waals surface area (Å²) in [5.41, 5.74) is 3.37. The summed E-state index contributed by atoms with van der Waals surface area (Å²) in [6, 6.07) is 9.99. The van der Waals surface area contributed by atoms with Gasteiger partial charge < -0.3 is 10.3 Å². The van der Waals surface area contributed by atoms with Gasteiger partial charge in [0.25, 0.3) is 0 Å². The molecule has 2 aromatic rings. The molecule has 2 N–H and O–H groups in total. The van der Waals surface area contributed by atoms with E-state index < -0.39 is 0 Å². The number of nitrogens with one attached hydrogen (secondary N) is 2. The molecular weight excluding hydrogens is 238 g/mol. The summed E-state index contributed by atoms with van der Waals surface area (Å²) >= 11 is 0. The van der Waals surface area contributed by atoms with Crippen molar-refractivity contribution in [3.05, 3.63) is 53.6 Å². The highest BCUT2D eigenvalue weighted by atomic mass is 16.1. The van der Waals surface area contributed by atoms with E-state index in [2.05, 4.69) is 15.3 Å². The van der Waals surface area contributed by atoms with Crippen LogP contribution in [0, 0.1) is 5.92 Å². The van der Waals surface area contributed by atoms with E-state index in [1.54, 1.807) is 6.33 Å². The maximum absolute atomic E-state index is 12.2. The molecule has 1 amide bonds. The highest BCUT2D eigenvalue weighted by molar-refractivity contribution is 5.79. The number of imidazole rings is 1. The number of nitrogens with zero attached hydrogens (tertiary/aromatic N) is 1. The van der Waals surface area contributed by atoms with Gasteiger partial charge in [0.2, 0.25) is 5.91 Å². The molecule has 4 nitrogen and oxygen atoms in total. The maximum Gasteiger partial charge on any atom is 0.223 e. The van der Waals surface area contributed by atoms with Gasteiger partial charge in [-0.2, -0.15) is 0 Å². The first kappa shape index (κ1) is 12.0. The van der Waals surface area contributed by atoms with E-state index in [0.717, 1.165) is 30.5 Å². The average molecular weight is 255 g/mol. The molecule has 98 valence electrons. The number of aromatic nitrogens is 2. The number of aromatic amines is 1. The van der Waals surface area contributed by atoms with Crippen molar-refractivity contribution < 1.29 is 4.79 Å². The smallest absolute Gasteiger partial charge is 0.223 e. The number of aryl methyl sites for hydroxylation is 1. The Balaban J connectivity index is 1.57. The lowest BCUT2D eigenvalue weighted by molar-refractivity contribution is -0.125. The van der Waals surface area contributed by atoms with Crippen LogP contribution in [0.25, 0.3) is 0 Å². The van der Waals surface area contributed by atoms with E-state index in [1.165, 1.54) is 5.69 Å². The van der Waals surface area contributed by atoms with Crippen molar-refractivity contribution in [1.82, 2.24) is 15.3 Å². The molecule has 1 aromatic heterocycles. The lowest BCUT2D eigenvalue weighted by Gasteiger charge is -2.20. The standard InChI is InChI=1S/C15H17N3O/c19-15(16-9-11-4-2-1-3-5-11)12-6-7-13-14(8-12)18-10-17-13/h1-5,10,12H,6-9H2,(H,16,19)(H,17,18). The number of amides is 1. The molecule has 3 rings (SSSR count). The van der Waals surface area contributed by atoms with Gasteiger partial charge in [-0.3, -0.25) is 4.79 Å². The molecule has 1 unspecified atom stereocenters. The van der Waals surface area contributed by atoms with Crippen molar-refractivity contribution in [3.8, 4) is 0 Å². The normalized spacial score (nSPS) is 17.8. The van der Waals surface area contributed by atoms with Crippen LogP contribution in [0.15, 0.2) is 36.7 Å². The van der Waals surface area contributed by atoms with Crippen LogP contribution in [0.3, 0.4) is 0 Å². The molecule has 0 radical (unpaired) electrons. The van der Waals surface area contributed by atoms with Crippen LogP contribution in [0.1, 0.15) is 23.4 Å². The number of hydrogen-bond donors (Lipinski definition) is 2. The van der Waals surface area contributed by atoms with Crippen molar-refractivity contribution in [2.75, 3.05) is 0 Å². The zero-order chi connectivity index (χ0) is 13.1. The number of hydrogen-bond acceptors (Lipinski definition) is 2. The zero-order valence-corrected chi connectivity index (χ0v) is 10.7. The number of carbonyl (C=O) groups excluding carboxylic acids is 1. The summed E-state index contributed by atoms with van der Waals surface area (Å²) in [6.07, 6.45) is 4.28. The van der Waals surface area contributed by atoms with E-state index >= 15 is 0 Å². The lowest BCUT2D eigenvalue weighted by atomic mass is 9.89. The van der Waals surface area contributed by atoms with Crippen LogP contribution in [-0.4, -0.2) is 15.9 Å². The third kappa shape index (κ3) is 2.67. The van der Waals surface area contributed by atoms with Gasteiger partial charge in [-0.15, -0.1) is 0 Å². The Labute approximate surface area is 112 Å². The Bertz CT molecular complexity index is 562. The zero-order valence-electron chi connectivity index (χ0n) is 10.7. The van der Waals surface area contributed by atoms with Crippen molar-refractivity contribution in [2.45, 2.75) is 25.8 Å². The molecule has 19 heavy (non-hydrogen) atoms. The number of benzene rings is 1. The second-order valence-corrected chi connectivity index (χ2v) is 4.97. The molecule has 0 saturated carbocycles. The van der Waals surface area contributed by atoms with E-state index in [4.69, 9.17) is 0 Å². The topological polar surface area (TPSA) is 57.8 Å². The largest absolute Gasteiger partial charge is 0.352 e. The molecule has 1 aromatic carbocycles. The molecule has 4 heteroatoms. The molecule has 0 bridgehead atoms. The quantitative estimate of drug-likeness (QED) is 0.879. The first-order chi connectivity index (χ1) is 9.33. The van der Waals surface area contributed by atoms with Crippen LogP contribution >= 0.6 is 0 Å². The highest BCUT2D eigenvalue weighted by Crippen LogP contribution is 2.22. The summed E-state index contributed by atoms with van der Waals surface area (Å²) in [6.45, 7) is 0.601. The molecule has 0 saturated heterocycles. The predicted octanol–water partition coefficient (Wildman–Crippen LogP) is 1.83. The summed E-state index contributed by atoms with van der Waals surface area (Å²) < 4.78 is 0. The van der Waals surface area contributed by atoms with Crippen LogP contribution in [0.2, 0.25) is 0 Å². The molecule has 1 aliphatic carbocycles. The predicted molar refractivity (Wildman–Crippen MR) is 72.4 cm³/mol. The number of H-pyrrole nitrogens is 1. The third-order valence-corrected chi connectivity index (χ3v) is 3.67. The fourth-order valence-corrected chi connectivity index (χ4v) is 2.55. The van der Waals surface area contributed by atoms with Crippen LogP contribution in [0.4, 0.5) is 0 Å². The van der Waals surface area contributed by atoms with E-state index in [0.29, 0.717) is 6.54 Å². The molecule has 1 atom stereocenters. The molecule has 1 heterocycles. The van der Waals surface area contributed by atoms with Crippen LogP contribution in [-0.2, 0) is 24.2 Å². The summed E-state index contributed by atoms with van der Waals surface area (Å²) in [7, 11) is 0. The molecule has 0 fully saturated rings. The fourth-order valence-electron chi connectivity index (χ4n) is 2.55. The monoisotopic (exact) mass is 255 g/mol. The van der Waals surface area contributed by atoms with Crippen molar-refractivity contribution in [3.63, 3.8) is 0 Å². The van der Waals surface area contributed by atoms with Gasteiger partial charge >= 0.3 is 0 Å². The van der Waals surface area contributed by atoms with Gasteiger partial charge in [0.1, 0.15) is 0 Å². The second-order valence-electron chi connectivity index (χ2n) is 4.97. The fraction of sp³-hybridized carbons (Fsp3) is 0.333. The van der Waals surface area contributed by atoms with E-state index in [1.807, 2.05) is 30.3 Å². The number of rotatable bonds is 3. The summed E-state index contributed by atoms with van der Waals surface area (Å²) in [5.74, 6) is 0.192. The van der Waals surface area contributed by atoms with Crippen molar-refractivity contribution in [1.29, 1.82) is 0 Å². The molecule has 0 spiro atoms. The molecule has 0 aliphatic heterocycles. The minimum Gasteiger partial charge on any atom is -0.352 e. The van der Waals surface area contributed by atoms with Crippen LogP contribution in [0.5, 0.6) is 0 Å². The Hall–Kier alpha value is -2.10. The lowest BCUT2D eigenvalue weighted by Crippen LogP contribution is -2.33. The summed E-state index contributed by atoms with van der Waals surface area (Å²) in [5, 5.41) is 3.01. The Morgan fingerprint density at radius 2 is 2.21 bits per heavy atom. The van der Waals surface area contributed by atoms with Gasteiger partial charge in [0.15, 0.2) is 0 Å². The number of fused-ring (bicyclic) bond motifs is 1. The highest BCUT2D eigenvalue weighted by Gasteiger charge is 2.25. The number of carbonyl (C=O) groups is 1. The Morgan fingerprint density at radius 1 is 1.37 bits per heavy atom. The van der Waals surface area contributed by atoms with Crippen LogP contribution < -0.4 is 5.32 Å². The van der Waals surface area contributed by atoms with Gasteiger partial charge in [0.05, 0.1) is 12.0 Å². The first-order valence-electron chi connectivity index (χ1n) is 6.65. The van der Waals surface area contributed by atoms with Gasteiger partial charge in [-0.25, -0.2) is 4.98 Å². The first-order valence-corrected chi connectivity index (χ1v) is 6.65. The van der Waals surface area contributed by atoms with E-state index in [-0.39, 0.29) is 11.8 Å². The minimum atomic E-state index is 0.0551. The van der Waals surface area contributed by atoms with Crippen molar-refractivity contribution in [2.24, 2.45) is 5.92 Å². The maximum atomic E-state index is 12.2. The van der Waals surface area contributed by atoms with Gasteiger partial charge in [0, 0.05) is 24.6 Å². The van der Waals surface area contributed by atoms with Gasteiger partial charge in [-0.1, -0.05) is 30.3 Å². The third-order valence-electron chi connectivity index (χ3n) is 3.67. The average Bonchev–Trinajstić information content (AvgIpc) is 2.93. The van der Waals surface area contributed by atoms with E-state index in [9.17, 15) is 4.79 Å². The second kappa shape index (κ2) is 5.26. The van der Waals surface area contributed by atoms with Crippen molar-refractivity contribution >= 4 is 5.91 Å². The Morgan fingerprint density at radius 3 is 3.05 bits per heavy atom. The SMILES string of the molecule is O=C(NCc1ccccc1)C1CCc2[nH]cnc2C1.